The lowest BCUT2D eigenvalue weighted by Crippen LogP contribution is -2.38. The van der Waals surface area contributed by atoms with Gasteiger partial charge in [0.05, 0.1) is 5.69 Å². The number of carbonyl (C=O) groups is 2. The van der Waals surface area contributed by atoms with Gasteiger partial charge in [-0.3, -0.25) is 4.79 Å². The third kappa shape index (κ3) is 5.84. The van der Waals surface area contributed by atoms with Crippen molar-refractivity contribution in [3.05, 3.63) is 29.6 Å². The van der Waals surface area contributed by atoms with Gasteiger partial charge >= 0.3 is 12.1 Å². The Morgan fingerprint density at radius 3 is 2.36 bits per heavy atom. The van der Waals surface area contributed by atoms with Gasteiger partial charge in [0, 0.05) is 35.6 Å². The summed E-state index contributed by atoms with van der Waals surface area (Å²) < 4.78 is 31.7. The zero-order valence-corrected chi connectivity index (χ0v) is 15.5. The number of amides is 1. The average Bonchev–Trinajstić information content (AvgIpc) is 3.11. The number of nitrogen functional groups attached to an aromatic ring is 1. The smallest absolute Gasteiger partial charge is 0.475 e. The van der Waals surface area contributed by atoms with Crippen molar-refractivity contribution in [2.45, 2.75) is 19.0 Å². The van der Waals surface area contributed by atoms with Crippen LogP contribution in [0.15, 0.2) is 29.6 Å². The van der Waals surface area contributed by atoms with Crippen molar-refractivity contribution in [1.82, 2.24) is 4.98 Å². The van der Waals surface area contributed by atoms with E-state index in [1.165, 1.54) is 0 Å². The number of primary amides is 1. The molecule has 0 saturated carbocycles. The highest BCUT2D eigenvalue weighted by Crippen LogP contribution is 2.30. The first-order valence-electron chi connectivity index (χ1n) is 8.23. The maximum Gasteiger partial charge on any atom is 0.490 e. The summed E-state index contributed by atoms with van der Waals surface area (Å²) in [5.41, 5.74) is 13.9. The number of anilines is 2. The quantitative estimate of drug-likeness (QED) is 0.661. The molecular formula is C17H19F3N4O3S. The summed E-state index contributed by atoms with van der Waals surface area (Å²) in [6.07, 6.45) is -3.47. The summed E-state index contributed by atoms with van der Waals surface area (Å²) in [5, 5.41) is 10.2. The number of carboxylic acids is 1. The number of carbonyl (C=O) groups excluding carboxylic acids is 1. The van der Waals surface area contributed by atoms with Crippen molar-refractivity contribution in [2.24, 2.45) is 11.7 Å². The second-order valence-corrected chi connectivity index (χ2v) is 6.94. The van der Waals surface area contributed by atoms with Crippen LogP contribution in [-0.4, -0.2) is 41.2 Å². The molecule has 2 aromatic rings. The molecule has 1 aromatic heterocycles. The molecule has 3 rings (SSSR count). The van der Waals surface area contributed by atoms with Gasteiger partial charge in [0.15, 0.2) is 5.13 Å². The van der Waals surface area contributed by atoms with Crippen LogP contribution in [0.2, 0.25) is 0 Å². The van der Waals surface area contributed by atoms with Crippen LogP contribution >= 0.6 is 11.3 Å². The topological polar surface area (TPSA) is 123 Å². The summed E-state index contributed by atoms with van der Waals surface area (Å²) in [6, 6.07) is 7.74. The van der Waals surface area contributed by atoms with E-state index in [-0.39, 0.29) is 11.8 Å². The predicted molar refractivity (Wildman–Crippen MR) is 99.8 cm³/mol. The van der Waals surface area contributed by atoms with Crippen molar-refractivity contribution in [3.8, 4) is 11.3 Å². The Hall–Kier alpha value is -2.82. The van der Waals surface area contributed by atoms with Gasteiger partial charge in [-0.1, -0.05) is 12.1 Å². The number of carboxylic acid groups (broad SMARTS) is 1. The Labute approximate surface area is 162 Å². The highest BCUT2D eigenvalue weighted by atomic mass is 32.1. The number of nitrogens with zero attached hydrogens (tertiary/aromatic N) is 2. The number of nitrogens with two attached hydrogens (primary N) is 2. The monoisotopic (exact) mass is 416 g/mol. The van der Waals surface area contributed by atoms with E-state index in [1.807, 2.05) is 29.6 Å². The zero-order chi connectivity index (χ0) is 20.9. The van der Waals surface area contributed by atoms with Crippen LogP contribution in [0.1, 0.15) is 12.8 Å². The molecule has 1 amide bonds. The van der Waals surface area contributed by atoms with Gasteiger partial charge in [-0.2, -0.15) is 13.2 Å². The lowest BCUT2D eigenvalue weighted by atomic mass is 9.97. The van der Waals surface area contributed by atoms with Gasteiger partial charge in [0.2, 0.25) is 5.91 Å². The predicted octanol–water partition coefficient (Wildman–Crippen LogP) is 2.73. The van der Waals surface area contributed by atoms with E-state index >= 15 is 0 Å². The van der Waals surface area contributed by atoms with Crippen LogP contribution in [0.4, 0.5) is 24.0 Å². The standard InChI is InChI=1S/C15H18N4OS.C2HF3O2/c16-12-3-1-2-11(8-12)13-9-21-15(18-13)19-6-4-10(5-7-19)14(17)20;3-2(4,5)1(6)7/h1-3,8-10H,4-7,16H2,(H2,17,20);(H,6,7). The number of aromatic nitrogens is 1. The zero-order valence-electron chi connectivity index (χ0n) is 14.6. The maximum absolute atomic E-state index is 11.2. The molecule has 1 fully saturated rings. The first-order valence-corrected chi connectivity index (χ1v) is 9.11. The van der Waals surface area contributed by atoms with Gasteiger partial charge in [-0.05, 0) is 25.0 Å². The van der Waals surface area contributed by atoms with E-state index in [4.69, 9.17) is 21.4 Å². The fourth-order valence-electron chi connectivity index (χ4n) is 2.60. The fraction of sp³-hybridized carbons (Fsp3) is 0.353. The minimum Gasteiger partial charge on any atom is -0.475 e. The Morgan fingerprint density at radius 1 is 1.25 bits per heavy atom. The minimum atomic E-state index is -5.08. The summed E-state index contributed by atoms with van der Waals surface area (Å²) in [4.78, 5) is 27.0. The SMILES string of the molecule is NC(=O)C1CCN(c2nc(-c3cccc(N)c3)cs2)CC1.O=C(O)C(F)(F)F. The molecule has 0 bridgehead atoms. The fourth-order valence-corrected chi connectivity index (χ4v) is 3.48. The van der Waals surface area contributed by atoms with Crippen molar-refractivity contribution < 1.29 is 27.9 Å². The second kappa shape index (κ2) is 8.91. The highest BCUT2D eigenvalue weighted by molar-refractivity contribution is 7.14. The molecule has 1 saturated heterocycles. The van der Waals surface area contributed by atoms with Gasteiger partial charge in [-0.25, -0.2) is 9.78 Å². The third-order valence-electron chi connectivity index (χ3n) is 4.08. The number of rotatable bonds is 3. The van der Waals surface area contributed by atoms with Crippen LogP contribution in [0.25, 0.3) is 11.3 Å². The van der Waals surface area contributed by atoms with Gasteiger partial charge < -0.3 is 21.5 Å². The lowest BCUT2D eigenvalue weighted by Gasteiger charge is -2.30. The molecule has 0 aliphatic carbocycles. The van der Waals surface area contributed by atoms with E-state index in [0.29, 0.717) is 0 Å². The van der Waals surface area contributed by atoms with E-state index < -0.39 is 12.1 Å². The number of thiazole rings is 1. The molecule has 0 atom stereocenters. The highest BCUT2D eigenvalue weighted by Gasteiger charge is 2.38. The average molecular weight is 416 g/mol. The molecule has 28 heavy (non-hydrogen) atoms. The number of halogens is 3. The van der Waals surface area contributed by atoms with E-state index in [9.17, 15) is 18.0 Å². The summed E-state index contributed by atoms with van der Waals surface area (Å²) in [6.45, 7) is 1.66. The largest absolute Gasteiger partial charge is 0.490 e. The third-order valence-corrected chi connectivity index (χ3v) is 4.99. The number of piperidine rings is 1. The molecule has 0 radical (unpaired) electrons. The number of hydrogen-bond acceptors (Lipinski definition) is 6. The van der Waals surface area contributed by atoms with Crippen LogP contribution in [0, 0.1) is 5.92 Å². The molecule has 0 unspecified atom stereocenters. The molecule has 5 N–H and O–H groups in total. The molecule has 0 spiro atoms. The first-order chi connectivity index (χ1) is 13.1. The summed E-state index contributed by atoms with van der Waals surface area (Å²) in [5.74, 6) is -2.93. The van der Waals surface area contributed by atoms with Crippen molar-refractivity contribution in [3.63, 3.8) is 0 Å². The number of hydrogen-bond donors (Lipinski definition) is 3. The van der Waals surface area contributed by atoms with Crippen LogP contribution in [-0.2, 0) is 9.59 Å². The lowest BCUT2D eigenvalue weighted by molar-refractivity contribution is -0.192. The molecule has 7 nitrogen and oxygen atoms in total. The van der Waals surface area contributed by atoms with Gasteiger partial charge in [0.1, 0.15) is 0 Å². The Kier molecular flexibility index (Phi) is 6.84. The molecule has 2 heterocycles. The van der Waals surface area contributed by atoms with Crippen molar-refractivity contribution in [1.29, 1.82) is 0 Å². The van der Waals surface area contributed by atoms with E-state index in [0.717, 1.165) is 48.0 Å². The Balaban J connectivity index is 0.000000345. The first kappa shape index (κ1) is 21.5. The molecular weight excluding hydrogens is 397 g/mol. The molecule has 11 heteroatoms. The Bertz CT molecular complexity index is 833. The molecule has 1 aliphatic rings. The van der Waals surface area contributed by atoms with Crippen LogP contribution < -0.4 is 16.4 Å². The maximum atomic E-state index is 11.2. The Morgan fingerprint density at radius 2 is 1.86 bits per heavy atom. The van der Waals surface area contributed by atoms with Crippen LogP contribution in [0.3, 0.4) is 0 Å². The number of benzene rings is 1. The van der Waals surface area contributed by atoms with Gasteiger partial charge in [-0.15, -0.1) is 11.3 Å². The van der Waals surface area contributed by atoms with E-state index in [2.05, 4.69) is 9.88 Å². The molecule has 152 valence electrons. The number of aliphatic carboxylic acids is 1. The van der Waals surface area contributed by atoms with Crippen molar-refractivity contribution in [2.75, 3.05) is 23.7 Å². The van der Waals surface area contributed by atoms with E-state index in [1.54, 1.807) is 11.3 Å². The summed E-state index contributed by atoms with van der Waals surface area (Å²) >= 11 is 1.62. The summed E-state index contributed by atoms with van der Waals surface area (Å²) in [7, 11) is 0. The second-order valence-electron chi connectivity index (χ2n) is 6.11. The normalized spacial score (nSPS) is 14.9. The molecule has 1 aromatic carbocycles. The molecule has 1 aliphatic heterocycles. The van der Waals surface area contributed by atoms with Crippen LogP contribution in [0.5, 0.6) is 0 Å². The van der Waals surface area contributed by atoms with Gasteiger partial charge in [0.25, 0.3) is 0 Å². The minimum absolute atomic E-state index is 0.00889. The number of alkyl halides is 3. The van der Waals surface area contributed by atoms with Crippen molar-refractivity contribution >= 4 is 34.0 Å².